The number of alkyl carbamates (subject to hydrolysis) is 1. The highest BCUT2D eigenvalue weighted by Gasteiger charge is 2.42. The lowest BCUT2D eigenvalue weighted by Crippen LogP contribution is -2.59. The van der Waals surface area contributed by atoms with E-state index in [4.69, 9.17) is 19.4 Å². The number of aromatic nitrogens is 3. The van der Waals surface area contributed by atoms with Gasteiger partial charge in [0.1, 0.15) is 23.2 Å². The van der Waals surface area contributed by atoms with Crippen molar-refractivity contribution in [1.82, 2.24) is 25.2 Å². The first-order valence-corrected chi connectivity index (χ1v) is 16.9. The summed E-state index contributed by atoms with van der Waals surface area (Å²) in [5.41, 5.74) is 0.955. The average molecular weight is 654 g/mol. The third-order valence-electron chi connectivity index (χ3n) is 10.4. The largest absolute Gasteiger partial charge is 0.450 e. The van der Waals surface area contributed by atoms with Crippen LogP contribution in [0.1, 0.15) is 50.5 Å². The molecule has 0 saturated carbocycles. The van der Waals surface area contributed by atoms with Gasteiger partial charge in [-0.1, -0.05) is 36.4 Å². The SMILES string of the molecule is N#CCC12CCCN(C1)c1nc(OC3[C@@H]4CCCN3C[C@H](F)C4)nc3c(F)c(ncc13)-c1cccc3cccc(c13)CCCOC(=O)N2. The van der Waals surface area contributed by atoms with Gasteiger partial charge < -0.3 is 19.7 Å². The van der Waals surface area contributed by atoms with Gasteiger partial charge in [-0.3, -0.25) is 9.88 Å². The van der Waals surface area contributed by atoms with Crippen molar-refractivity contribution < 1.29 is 23.0 Å². The molecule has 3 unspecified atom stereocenters. The summed E-state index contributed by atoms with van der Waals surface area (Å²) in [6.45, 7) is 1.96. The second-order valence-corrected chi connectivity index (χ2v) is 13.6. The molecule has 10 nitrogen and oxygen atoms in total. The quantitative estimate of drug-likeness (QED) is 0.281. The topological polar surface area (TPSA) is 116 Å². The number of halogens is 2. The molecule has 5 aliphatic heterocycles. The van der Waals surface area contributed by atoms with Gasteiger partial charge in [0.25, 0.3) is 0 Å². The lowest BCUT2D eigenvalue weighted by atomic mass is 9.86. The Morgan fingerprint density at radius 1 is 1.15 bits per heavy atom. The van der Waals surface area contributed by atoms with E-state index in [1.165, 1.54) is 0 Å². The van der Waals surface area contributed by atoms with Crippen molar-refractivity contribution in [1.29, 1.82) is 5.26 Å². The standard InChI is InChI=1S/C36H37F2N7O3/c37-25-18-24-9-3-15-44(20-25)33(24)48-34-41-31-27-19-40-30(29(31)38)26-11-2-8-22-6-1-7-23(28(22)26)10-4-17-47-35(46)43-36(13-14-39)12-5-16-45(21-36)32(27)42-34/h1-2,6-8,11,19,24-25,33H,3-5,9-10,12-13,15-18,20-21H2,(H,43,46)/t24-,25-,33?,36?/m1/s1. The van der Waals surface area contributed by atoms with Gasteiger partial charge in [-0.05, 0) is 61.3 Å². The van der Waals surface area contributed by atoms with E-state index in [9.17, 15) is 14.4 Å². The predicted octanol–water partition coefficient (Wildman–Crippen LogP) is 6.07. The summed E-state index contributed by atoms with van der Waals surface area (Å²) in [5.74, 6) is -0.204. The Balaban J connectivity index is 1.32. The number of nitrogens with zero attached hydrogens (tertiary/aromatic N) is 6. The number of aryl methyl sites for hydroxylation is 1. The lowest BCUT2D eigenvalue weighted by Gasteiger charge is -2.45. The van der Waals surface area contributed by atoms with Crippen LogP contribution in [-0.2, 0) is 11.2 Å². The molecule has 9 rings (SSSR count). The van der Waals surface area contributed by atoms with Gasteiger partial charge in [-0.2, -0.15) is 15.2 Å². The minimum absolute atomic E-state index is 0.00751. The molecule has 7 heterocycles. The lowest BCUT2D eigenvalue weighted by molar-refractivity contribution is -0.0989. The summed E-state index contributed by atoms with van der Waals surface area (Å²) in [6, 6.07) is 13.9. The molecule has 3 saturated heterocycles. The molecule has 1 amide bonds. The van der Waals surface area contributed by atoms with Crippen LogP contribution in [-0.4, -0.2) is 76.7 Å². The van der Waals surface area contributed by atoms with Crippen molar-refractivity contribution in [3.8, 4) is 23.3 Å². The van der Waals surface area contributed by atoms with Crippen molar-refractivity contribution in [2.24, 2.45) is 5.92 Å². The maximum absolute atomic E-state index is 17.0. The van der Waals surface area contributed by atoms with Gasteiger partial charge in [-0.15, -0.1) is 0 Å². The van der Waals surface area contributed by atoms with Gasteiger partial charge >= 0.3 is 12.1 Å². The van der Waals surface area contributed by atoms with Crippen molar-refractivity contribution in [3.63, 3.8) is 0 Å². The summed E-state index contributed by atoms with van der Waals surface area (Å²) in [5, 5.41) is 15.1. The molecule has 0 spiro atoms. The number of pyridine rings is 1. The maximum atomic E-state index is 17.0. The zero-order valence-corrected chi connectivity index (χ0v) is 26.6. The number of ether oxygens (including phenoxy) is 2. The van der Waals surface area contributed by atoms with Crippen LogP contribution in [0.4, 0.5) is 19.4 Å². The molecule has 2 aromatic heterocycles. The Kier molecular flexibility index (Phi) is 7.95. The highest BCUT2D eigenvalue weighted by atomic mass is 19.1. The number of piperidine rings is 3. The van der Waals surface area contributed by atoms with E-state index >= 15 is 4.39 Å². The first kappa shape index (κ1) is 30.7. The third-order valence-corrected chi connectivity index (χ3v) is 10.4. The number of hydrogen-bond donors (Lipinski definition) is 1. The Hall–Kier alpha value is -4.63. The third kappa shape index (κ3) is 5.53. The van der Waals surface area contributed by atoms with Gasteiger partial charge in [0.2, 0.25) is 0 Å². The number of rotatable bonds is 3. The number of fused-ring (bicyclic) bond motifs is 8. The number of carbonyl (C=O) groups is 1. The van der Waals surface area contributed by atoms with Crippen LogP contribution in [0.3, 0.4) is 0 Å². The molecule has 8 bridgehead atoms. The van der Waals surface area contributed by atoms with E-state index < -0.39 is 29.8 Å². The number of benzene rings is 2. The molecule has 3 fully saturated rings. The minimum Gasteiger partial charge on any atom is -0.450 e. The van der Waals surface area contributed by atoms with Gasteiger partial charge in [-0.25, -0.2) is 13.6 Å². The molecule has 5 atom stereocenters. The average Bonchev–Trinajstić information content (AvgIpc) is 3.07. The van der Waals surface area contributed by atoms with E-state index in [2.05, 4.69) is 16.4 Å². The number of alkyl halides is 1. The van der Waals surface area contributed by atoms with E-state index in [1.807, 2.05) is 46.2 Å². The number of amides is 1. The molecule has 4 aromatic rings. The Bertz CT molecular complexity index is 1920. The fourth-order valence-electron chi connectivity index (χ4n) is 8.25. The van der Waals surface area contributed by atoms with E-state index in [0.29, 0.717) is 62.0 Å². The van der Waals surface area contributed by atoms with E-state index in [1.54, 1.807) is 6.20 Å². The molecule has 2 aromatic carbocycles. The zero-order valence-electron chi connectivity index (χ0n) is 26.6. The maximum Gasteiger partial charge on any atom is 0.407 e. The first-order valence-electron chi connectivity index (χ1n) is 16.9. The number of nitriles is 1. The summed E-state index contributed by atoms with van der Waals surface area (Å²) in [7, 11) is 0. The minimum atomic E-state index is -0.920. The molecule has 48 heavy (non-hydrogen) atoms. The number of hydrogen-bond acceptors (Lipinski definition) is 9. The Morgan fingerprint density at radius 3 is 2.88 bits per heavy atom. The molecule has 248 valence electrons. The first-order chi connectivity index (χ1) is 23.4. The van der Waals surface area contributed by atoms with Crippen LogP contribution in [0.2, 0.25) is 0 Å². The smallest absolute Gasteiger partial charge is 0.407 e. The normalized spacial score (nSPS) is 27.3. The van der Waals surface area contributed by atoms with Crippen LogP contribution >= 0.6 is 0 Å². The fourth-order valence-corrected chi connectivity index (χ4v) is 8.25. The molecular weight excluding hydrogens is 616 g/mol. The molecule has 1 N–H and O–H groups in total. The van der Waals surface area contributed by atoms with Crippen LogP contribution in [0, 0.1) is 23.1 Å². The highest BCUT2D eigenvalue weighted by molar-refractivity contribution is 6.00. The van der Waals surface area contributed by atoms with Crippen LogP contribution in [0.25, 0.3) is 32.9 Å². The molecule has 0 radical (unpaired) electrons. The molecule has 0 aliphatic carbocycles. The number of anilines is 1. The molecule has 12 heteroatoms. The number of nitrogens with one attached hydrogen (secondary N) is 1. The molecule has 5 aliphatic rings. The van der Waals surface area contributed by atoms with E-state index in [0.717, 1.165) is 29.2 Å². The monoisotopic (exact) mass is 653 g/mol. The summed E-state index contributed by atoms with van der Waals surface area (Å²) in [6.07, 6.45) is 4.31. The van der Waals surface area contributed by atoms with E-state index in [-0.39, 0.29) is 49.3 Å². The Morgan fingerprint density at radius 2 is 2.02 bits per heavy atom. The summed E-state index contributed by atoms with van der Waals surface area (Å²) in [4.78, 5) is 31.3. The Labute approximate surface area is 277 Å². The fraction of sp³-hybridized carbons (Fsp3) is 0.472. The predicted molar refractivity (Wildman–Crippen MR) is 176 cm³/mol. The second-order valence-electron chi connectivity index (χ2n) is 13.6. The van der Waals surface area contributed by atoms with Crippen molar-refractivity contribution >= 4 is 33.6 Å². The number of carbonyl (C=O) groups excluding carboxylic acids is 1. The summed E-state index contributed by atoms with van der Waals surface area (Å²) < 4.78 is 43.7. The van der Waals surface area contributed by atoms with Crippen LogP contribution in [0.15, 0.2) is 42.6 Å². The van der Waals surface area contributed by atoms with Gasteiger partial charge in [0.05, 0.1) is 30.0 Å². The van der Waals surface area contributed by atoms with Crippen molar-refractivity contribution in [2.75, 3.05) is 37.7 Å². The van der Waals surface area contributed by atoms with Gasteiger partial charge in [0, 0.05) is 43.9 Å². The summed E-state index contributed by atoms with van der Waals surface area (Å²) >= 11 is 0. The highest BCUT2D eigenvalue weighted by Crippen LogP contribution is 2.40. The van der Waals surface area contributed by atoms with Crippen LogP contribution < -0.4 is 15.0 Å². The van der Waals surface area contributed by atoms with Crippen LogP contribution in [0.5, 0.6) is 6.01 Å². The van der Waals surface area contributed by atoms with Gasteiger partial charge in [0.15, 0.2) is 12.0 Å². The zero-order chi connectivity index (χ0) is 32.8. The van der Waals surface area contributed by atoms with Crippen molar-refractivity contribution in [2.45, 2.75) is 69.3 Å². The molecular formula is C36H37F2N7O3. The van der Waals surface area contributed by atoms with Crippen molar-refractivity contribution in [3.05, 3.63) is 54.0 Å². The second kappa shape index (κ2) is 12.4.